The lowest BCUT2D eigenvalue weighted by Crippen LogP contribution is -2.31. The average Bonchev–Trinajstić information content (AvgIpc) is 2.98. The molecular formula is C34H60N6. The van der Waals surface area contributed by atoms with Crippen molar-refractivity contribution < 1.29 is 0 Å². The van der Waals surface area contributed by atoms with Gasteiger partial charge in [-0.05, 0) is 25.7 Å². The third-order valence-electron chi connectivity index (χ3n) is 7.80. The quantitative estimate of drug-likeness (QED) is 0.106. The van der Waals surface area contributed by atoms with E-state index >= 15 is 0 Å². The van der Waals surface area contributed by atoms with Crippen LogP contribution in [0.4, 0.5) is 11.6 Å². The summed E-state index contributed by atoms with van der Waals surface area (Å²) in [4.78, 5) is 14.2. The molecule has 0 unspecified atom stereocenters. The summed E-state index contributed by atoms with van der Waals surface area (Å²) in [6, 6.07) is 4.72. The highest BCUT2D eigenvalue weighted by molar-refractivity contribution is 5.60. The normalized spacial score (nSPS) is 10.8. The molecule has 1 aromatic heterocycles. The second-order valence-corrected chi connectivity index (χ2v) is 11.4. The van der Waals surface area contributed by atoms with Crippen molar-refractivity contribution >= 4 is 11.6 Å². The minimum Gasteiger partial charge on any atom is -0.354 e. The fourth-order valence-corrected chi connectivity index (χ4v) is 5.28. The Hall–Kier alpha value is -2.34. The Morgan fingerprint density at radius 1 is 0.425 bits per heavy atom. The number of anilines is 2. The lowest BCUT2D eigenvalue weighted by atomic mass is 10.1. The largest absolute Gasteiger partial charge is 0.354 e. The van der Waals surface area contributed by atoms with Crippen molar-refractivity contribution in [2.75, 3.05) is 36.0 Å². The summed E-state index contributed by atoms with van der Waals surface area (Å²) >= 11 is 0. The molecule has 6 heteroatoms. The highest BCUT2D eigenvalue weighted by Crippen LogP contribution is 2.26. The standard InChI is InChI=1S/C34H60N6/c1-5-9-13-17-21-25-39(26-22-18-14-10-6-2)33-31(29-35)38-34(32(30-36)37-33)40(27-23-19-15-11-7-3)28-24-20-16-12-8-4/h5-28H2,1-4H3. The van der Waals surface area contributed by atoms with Crippen molar-refractivity contribution in [3.05, 3.63) is 11.4 Å². The molecule has 0 bridgehead atoms. The lowest BCUT2D eigenvalue weighted by Gasteiger charge is -2.28. The van der Waals surface area contributed by atoms with Crippen LogP contribution in [0.25, 0.3) is 0 Å². The summed E-state index contributed by atoms with van der Waals surface area (Å²) in [5.41, 5.74) is 0.746. The maximum absolute atomic E-state index is 10.2. The Morgan fingerprint density at radius 3 is 0.900 bits per heavy atom. The average molecular weight is 553 g/mol. The molecule has 226 valence electrons. The molecule has 0 amide bonds. The number of unbranched alkanes of at least 4 members (excludes halogenated alkanes) is 16. The van der Waals surface area contributed by atoms with Gasteiger partial charge in [0.1, 0.15) is 12.1 Å². The Labute approximate surface area is 247 Å². The molecule has 0 radical (unpaired) electrons. The molecule has 0 saturated heterocycles. The molecule has 0 aliphatic heterocycles. The van der Waals surface area contributed by atoms with Crippen LogP contribution in [0.1, 0.15) is 167 Å². The number of nitriles is 2. The topological polar surface area (TPSA) is 79.8 Å². The molecule has 0 aromatic carbocycles. The molecule has 0 atom stereocenters. The second-order valence-electron chi connectivity index (χ2n) is 11.4. The summed E-state index contributed by atoms with van der Waals surface area (Å²) in [5.74, 6) is 1.22. The van der Waals surface area contributed by atoms with Crippen LogP contribution in [0.5, 0.6) is 0 Å². The van der Waals surface area contributed by atoms with Gasteiger partial charge in [0.15, 0.2) is 23.0 Å². The summed E-state index contributed by atoms with van der Waals surface area (Å²) in [6.07, 6.45) is 24.0. The smallest absolute Gasteiger partial charge is 0.185 e. The third kappa shape index (κ3) is 14.9. The number of rotatable bonds is 26. The van der Waals surface area contributed by atoms with E-state index in [2.05, 4.69) is 49.6 Å². The van der Waals surface area contributed by atoms with Crippen molar-refractivity contribution in [1.29, 1.82) is 10.5 Å². The Balaban J connectivity index is 3.18. The van der Waals surface area contributed by atoms with E-state index in [1.165, 1.54) is 103 Å². The molecule has 6 nitrogen and oxygen atoms in total. The number of hydrogen-bond acceptors (Lipinski definition) is 6. The molecule has 0 aliphatic rings. The zero-order chi connectivity index (χ0) is 29.3. The number of hydrogen-bond donors (Lipinski definition) is 0. The minimum absolute atomic E-state index is 0.373. The van der Waals surface area contributed by atoms with E-state index in [1.54, 1.807) is 0 Å². The summed E-state index contributed by atoms with van der Waals surface area (Å²) < 4.78 is 0. The minimum atomic E-state index is 0.373. The zero-order valence-electron chi connectivity index (χ0n) is 26.7. The van der Waals surface area contributed by atoms with Gasteiger partial charge in [0.25, 0.3) is 0 Å². The third-order valence-corrected chi connectivity index (χ3v) is 7.80. The zero-order valence-corrected chi connectivity index (χ0v) is 26.7. The van der Waals surface area contributed by atoms with Crippen LogP contribution < -0.4 is 9.80 Å². The van der Waals surface area contributed by atoms with Crippen LogP contribution in [-0.4, -0.2) is 36.1 Å². The predicted octanol–water partition coefficient (Wildman–Crippen LogP) is 9.71. The second kappa shape index (κ2) is 24.5. The Morgan fingerprint density at radius 2 is 0.675 bits per heavy atom. The van der Waals surface area contributed by atoms with Crippen molar-refractivity contribution in [3.8, 4) is 12.1 Å². The first-order valence-corrected chi connectivity index (χ1v) is 16.9. The summed E-state index contributed by atoms with van der Waals surface area (Å²) in [5, 5.41) is 20.4. The molecule has 1 aromatic rings. The van der Waals surface area contributed by atoms with Crippen LogP contribution in [0, 0.1) is 22.7 Å². The van der Waals surface area contributed by atoms with Crippen molar-refractivity contribution in [2.24, 2.45) is 0 Å². The molecule has 0 fully saturated rings. The molecular weight excluding hydrogens is 492 g/mol. The van der Waals surface area contributed by atoms with E-state index in [4.69, 9.17) is 9.97 Å². The van der Waals surface area contributed by atoms with Gasteiger partial charge in [0.2, 0.25) is 0 Å². The van der Waals surface area contributed by atoms with Gasteiger partial charge in [-0.25, -0.2) is 9.97 Å². The van der Waals surface area contributed by atoms with Gasteiger partial charge >= 0.3 is 0 Å². The van der Waals surface area contributed by atoms with Gasteiger partial charge in [-0.15, -0.1) is 0 Å². The van der Waals surface area contributed by atoms with Crippen LogP contribution in [0.3, 0.4) is 0 Å². The summed E-state index contributed by atoms with van der Waals surface area (Å²) in [7, 11) is 0. The van der Waals surface area contributed by atoms with Crippen LogP contribution >= 0.6 is 0 Å². The highest BCUT2D eigenvalue weighted by Gasteiger charge is 2.22. The maximum Gasteiger partial charge on any atom is 0.185 e. The molecule has 1 heterocycles. The fraction of sp³-hybridized carbons (Fsp3) is 0.824. The molecule has 1 rings (SSSR count). The van der Waals surface area contributed by atoms with Gasteiger partial charge in [-0.2, -0.15) is 10.5 Å². The number of aromatic nitrogens is 2. The monoisotopic (exact) mass is 552 g/mol. The van der Waals surface area contributed by atoms with Gasteiger partial charge in [0, 0.05) is 26.2 Å². The van der Waals surface area contributed by atoms with E-state index in [9.17, 15) is 10.5 Å². The molecule has 0 aliphatic carbocycles. The lowest BCUT2D eigenvalue weighted by molar-refractivity contribution is 0.582. The van der Waals surface area contributed by atoms with E-state index in [0.29, 0.717) is 23.0 Å². The van der Waals surface area contributed by atoms with E-state index in [-0.39, 0.29) is 0 Å². The van der Waals surface area contributed by atoms with Crippen LogP contribution in [0.2, 0.25) is 0 Å². The fourth-order valence-electron chi connectivity index (χ4n) is 5.28. The Kier molecular flexibility index (Phi) is 21.8. The molecule has 40 heavy (non-hydrogen) atoms. The van der Waals surface area contributed by atoms with Gasteiger partial charge in [0.05, 0.1) is 0 Å². The highest BCUT2D eigenvalue weighted by atomic mass is 15.2. The SMILES string of the molecule is CCCCCCCN(CCCCCCC)c1nc(C#N)c(N(CCCCCCC)CCCCCCC)nc1C#N. The van der Waals surface area contributed by atoms with Crippen molar-refractivity contribution in [1.82, 2.24) is 9.97 Å². The van der Waals surface area contributed by atoms with Crippen LogP contribution in [0.15, 0.2) is 0 Å². The number of nitrogens with zero attached hydrogens (tertiary/aromatic N) is 6. The van der Waals surface area contributed by atoms with Crippen molar-refractivity contribution in [2.45, 2.75) is 156 Å². The first-order valence-electron chi connectivity index (χ1n) is 16.9. The van der Waals surface area contributed by atoms with E-state index in [0.717, 1.165) is 51.9 Å². The summed E-state index contributed by atoms with van der Waals surface area (Å²) in [6.45, 7) is 12.4. The molecule has 0 N–H and O–H groups in total. The van der Waals surface area contributed by atoms with Gasteiger partial charge in [-0.1, -0.05) is 130 Å². The van der Waals surface area contributed by atoms with E-state index in [1.807, 2.05) is 0 Å². The first-order chi connectivity index (χ1) is 19.7. The Bertz CT molecular complexity index is 742. The maximum atomic E-state index is 10.2. The first kappa shape index (κ1) is 35.7. The van der Waals surface area contributed by atoms with E-state index < -0.39 is 0 Å². The molecule has 0 spiro atoms. The molecule has 0 saturated carbocycles. The van der Waals surface area contributed by atoms with Crippen LogP contribution in [-0.2, 0) is 0 Å². The van der Waals surface area contributed by atoms with Gasteiger partial charge in [-0.3, -0.25) is 0 Å². The van der Waals surface area contributed by atoms with Gasteiger partial charge < -0.3 is 9.80 Å². The van der Waals surface area contributed by atoms with Crippen molar-refractivity contribution in [3.63, 3.8) is 0 Å². The predicted molar refractivity (Wildman–Crippen MR) is 171 cm³/mol.